The second-order valence-corrected chi connectivity index (χ2v) is 7.28. The third-order valence-corrected chi connectivity index (χ3v) is 4.83. The summed E-state index contributed by atoms with van der Waals surface area (Å²) in [6, 6.07) is 7.72. The van der Waals surface area contributed by atoms with Crippen molar-refractivity contribution in [3.63, 3.8) is 0 Å². The number of rotatable bonds is 4. The molecule has 3 heterocycles. The van der Waals surface area contributed by atoms with Crippen molar-refractivity contribution in [3.05, 3.63) is 70.4 Å². The summed E-state index contributed by atoms with van der Waals surface area (Å²) in [4.78, 5) is 16.1. The van der Waals surface area contributed by atoms with Crippen LogP contribution in [0.15, 0.2) is 42.7 Å². The number of alkyl halides is 3. The predicted octanol–water partition coefficient (Wildman–Crippen LogP) is 3.79. The first-order valence-electron chi connectivity index (χ1n) is 8.93. The molecule has 0 bridgehead atoms. The monoisotopic (exact) mass is 446 g/mol. The summed E-state index contributed by atoms with van der Waals surface area (Å²) in [5.41, 5.74) is 6.60. The van der Waals surface area contributed by atoms with E-state index in [9.17, 15) is 18.0 Å². The van der Waals surface area contributed by atoms with E-state index in [1.165, 1.54) is 0 Å². The van der Waals surface area contributed by atoms with Gasteiger partial charge in [-0.3, -0.25) is 9.48 Å². The van der Waals surface area contributed by atoms with Crippen LogP contribution in [-0.2, 0) is 19.6 Å². The van der Waals surface area contributed by atoms with Crippen LogP contribution in [0.3, 0.4) is 0 Å². The number of aryl methyl sites for hydroxylation is 1. The van der Waals surface area contributed by atoms with E-state index in [1.54, 1.807) is 48.4 Å². The zero-order valence-corrected chi connectivity index (χ0v) is 16.7. The second kappa shape index (κ2) is 7.62. The minimum Gasteiger partial charge on any atom is -0.364 e. The summed E-state index contributed by atoms with van der Waals surface area (Å²) in [6.07, 6.45) is -1.37. The van der Waals surface area contributed by atoms with Gasteiger partial charge in [-0.25, -0.2) is 4.98 Å². The third kappa shape index (κ3) is 4.19. The lowest BCUT2D eigenvalue weighted by Gasteiger charge is -2.12. The van der Waals surface area contributed by atoms with Crippen molar-refractivity contribution in [1.29, 1.82) is 0 Å². The molecule has 1 aromatic carbocycles. The van der Waals surface area contributed by atoms with E-state index in [1.807, 2.05) is 0 Å². The van der Waals surface area contributed by atoms with Gasteiger partial charge in [0, 0.05) is 24.2 Å². The molecule has 1 amide bonds. The quantitative estimate of drug-likeness (QED) is 0.514. The number of aromatic nitrogens is 5. The summed E-state index contributed by atoms with van der Waals surface area (Å²) in [6.45, 7) is 0. The maximum atomic E-state index is 13.3. The van der Waals surface area contributed by atoms with Gasteiger partial charge < -0.3 is 5.73 Å². The molecule has 158 valence electrons. The molecule has 11 heteroatoms. The molecule has 0 unspecified atom stereocenters. The highest BCUT2D eigenvalue weighted by Gasteiger charge is 2.36. The van der Waals surface area contributed by atoms with Crippen LogP contribution < -0.4 is 5.73 Å². The molecule has 0 spiro atoms. The number of pyridine rings is 1. The fraction of sp³-hybridized carbons (Fsp3) is 0.150. The third-order valence-electron chi connectivity index (χ3n) is 4.65. The SMILES string of the molecule is Cn1cc(-c2cc(C(N)=O)nc3cc(Cc4cc(Cl)nnc4C(F)(F)F)ccc23)cn1. The van der Waals surface area contributed by atoms with Crippen LogP contribution >= 0.6 is 11.6 Å². The number of nitrogens with zero attached hydrogens (tertiary/aromatic N) is 5. The highest BCUT2D eigenvalue weighted by molar-refractivity contribution is 6.29. The minimum absolute atomic E-state index is 0.0353. The van der Waals surface area contributed by atoms with Gasteiger partial charge in [0.05, 0.1) is 11.7 Å². The van der Waals surface area contributed by atoms with Crippen molar-refractivity contribution in [3.8, 4) is 11.1 Å². The van der Waals surface area contributed by atoms with E-state index in [0.717, 1.165) is 11.6 Å². The summed E-state index contributed by atoms with van der Waals surface area (Å²) in [7, 11) is 1.76. The van der Waals surface area contributed by atoms with Crippen molar-refractivity contribution in [1.82, 2.24) is 25.0 Å². The van der Waals surface area contributed by atoms with Crippen LogP contribution in [0.25, 0.3) is 22.0 Å². The maximum Gasteiger partial charge on any atom is 0.435 e. The first kappa shape index (κ1) is 20.7. The van der Waals surface area contributed by atoms with Gasteiger partial charge in [0.15, 0.2) is 10.8 Å². The average Bonchev–Trinajstić information content (AvgIpc) is 3.12. The van der Waals surface area contributed by atoms with Crippen LogP contribution in [-0.4, -0.2) is 30.9 Å². The van der Waals surface area contributed by atoms with Gasteiger partial charge in [-0.2, -0.15) is 18.3 Å². The summed E-state index contributed by atoms with van der Waals surface area (Å²) in [5, 5.41) is 11.2. The van der Waals surface area contributed by atoms with E-state index < -0.39 is 17.8 Å². The molecular formula is C20H14ClF3N6O. The van der Waals surface area contributed by atoms with Crippen LogP contribution in [0.2, 0.25) is 5.15 Å². The Hall–Kier alpha value is -3.53. The van der Waals surface area contributed by atoms with Crippen molar-refractivity contribution >= 4 is 28.4 Å². The Kier molecular flexibility index (Phi) is 5.10. The van der Waals surface area contributed by atoms with Gasteiger partial charge in [-0.05, 0) is 41.3 Å². The molecule has 4 rings (SSSR count). The van der Waals surface area contributed by atoms with Crippen LogP contribution in [0.1, 0.15) is 27.3 Å². The van der Waals surface area contributed by atoms with E-state index >= 15 is 0 Å². The first-order chi connectivity index (χ1) is 14.6. The van der Waals surface area contributed by atoms with Crippen molar-refractivity contribution in [2.75, 3.05) is 0 Å². The molecule has 2 N–H and O–H groups in total. The lowest BCUT2D eigenvalue weighted by Crippen LogP contribution is -2.14. The molecule has 4 aromatic rings. The summed E-state index contributed by atoms with van der Waals surface area (Å²) >= 11 is 5.76. The molecule has 3 aromatic heterocycles. The number of fused-ring (bicyclic) bond motifs is 1. The highest BCUT2D eigenvalue weighted by atomic mass is 35.5. The first-order valence-corrected chi connectivity index (χ1v) is 9.31. The molecule has 0 aliphatic heterocycles. The number of nitrogens with two attached hydrogens (primary N) is 1. The number of carbonyl (C=O) groups is 1. The lowest BCUT2D eigenvalue weighted by atomic mass is 9.98. The summed E-state index contributed by atoms with van der Waals surface area (Å²) in [5.74, 6) is -0.720. The van der Waals surface area contributed by atoms with Gasteiger partial charge >= 0.3 is 6.18 Å². The van der Waals surface area contributed by atoms with Gasteiger partial charge in [0.1, 0.15) is 5.69 Å². The average molecular weight is 447 g/mol. The molecule has 0 saturated heterocycles. The summed E-state index contributed by atoms with van der Waals surface area (Å²) < 4.78 is 41.5. The molecule has 0 aliphatic rings. The van der Waals surface area contributed by atoms with Crippen LogP contribution in [0.4, 0.5) is 13.2 Å². The highest BCUT2D eigenvalue weighted by Crippen LogP contribution is 2.33. The van der Waals surface area contributed by atoms with Crippen molar-refractivity contribution in [2.24, 2.45) is 12.8 Å². The number of hydrogen-bond acceptors (Lipinski definition) is 5. The number of hydrogen-bond donors (Lipinski definition) is 1. The Morgan fingerprint density at radius 1 is 1.19 bits per heavy atom. The molecule has 0 atom stereocenters. The Labute approximate surface area is 178 Å². The van der Waals surface area contributed by atoms with Gasteiger partial charge in [0.25, 0.3) is 5.91 Å². The Morgan fingerprint density at radius 2 is 1.97 bits per heavy atom. The molecule has 0 saturated carbocycles. The van der Waals surface area contributed by atoms with Crippen molar-refractivity contribution in [2.45, 2.75) is 12.6 Å². The smallest absolute Gasteiger partial charge is 0.364 e. The molecule has 7 nitrogen and oxygen atoms in total. The second-order valence-electron chi connectivity index (χ2n) is 6.89. The van der Waals surface area contributed by atoms with E-state index in [-0.39, 0.29) is 22.8 Å². The van der Waals surface area contributed by atoms with Gasteiger partial charge in [0.2, 0.25) is 0 Å². The largest absolute Gasteiger partial charge is 0.435 e. The van der Waals surface area contributed by atoms with E-state index in [0.29, 0.717) is 22.0 Å². The minimum atomic E-state index is -4.67. The molecule has 0 fully saturated rings. The van der Waals surface area contributed by atoms with E-state index in [4.69, 9.17) is 17.3 Å². The molecule has 31 heavy (non-hydrogen) atoms. The Bertz CT molecular complexity index is 1320. The fourth-order valence-corrected chi connectivity index (χ4v) is 3.48. The Balaban J connectivity index is 1.84. The lowest BCUT2D eigenvalue weighted by molar-refractivity contribution is -0.142. The maximum absolute atomic E-state index is 13.3. The number of halogens is 4. The topological polar surface area (TPSA) is 99.6 Å². The zero-order valence-electron chi connectivity index (χ0n) is 16.0. The normalized spacial score (nSPS) is 11.8. The fourth-order valence-electron chi connectivity index (χ4n) is 3.31. The van der Waals surface area contributed by atoms with Gasteiger partial charge in [-0.15, -0.1) is 10.2 Å². The van der Waals surface area contributed by atoms with Crippen LogP contribution in [0, 0.1) is 0 Å². The number of primary amides is 1. The van der Waals surface area contributed by atoms with E-state index in [2.05, 4.69) is 20.3 Å². The number of amides is 1. The zero-order chi connectivity index (χ0) is 22.3. The van der Waals surface area contributed by atoms with Crippen molar-refractivity contribution < 1.29 is 18.0 Å². The predicted molar refractivity (Wildman–Crippen MR) is 107 cm³/mol. The molecular weight excluding hydrogens is 433 g/mol. The van der Waals surface area contributed by atoms with Crippen LogP contribution in [0.5, 0.6) is 0 Å². The molecule has 0 aliphatic carbocycles. The standard InChI is InChI=1S/C20H14ClF3N6O/c1-30-9-12(8-26-30)14-7-16(19(25)31)27-15-5-10(2-3-13(14)15)4-11-6-17(21)28-29-18(11)20(22,23)24/h2-3,5-9H,4H2,1H3,(H2,25,31). The Morgan fingerprint density at radius 3 is 2.61 bits per heavy atom. The number of carbonyl (C=O) groups excluding carboxylic acids is 1. The number of benzene rings is 1. The molecule has 0 radical (unpaired) electrons. The van der Waals surface area contributed by atoms with Gasteiger partial charge in [-0.1, -0.05) is 23.7 Å².